The van der Waals surface area contributed by atoms with E-state index in [1.54, 1.807) is 18.3 Å². The number of hydrogen-bond acceptors (Lipinski definition) is 5. The van der Waals surface area contributed by atoms with Crippen LogP contribution in [0.3, 0.4) is 0 Å². The molecule has 2 rings (SSSR count). The molecule has 6 heteroatoms. The maximum absolute atomic E-state index is 12.0. The molecule has 0 aliphatic carbocycles. The summed E-state index contributed by atoms with van der Waals surface area (Å²) in [6.07, 6.45) is 2.28. The van der Waals surface area contributed by atoms with E-state index in [1.807, 2.05) is 13.8 Å². The Hall–Kier alpha value is -2.21. The molecule has 0 bridgehead atoms. The summed E-state index contributed by atoms with van der Waals surface area (Å²) in [5.41, 5.74) is 8.68. The molecule has 0 unspecified atom stereocenters. The smallest absolute Gasteiger partial charge is 0.251 e. The molecular weight excluding hydrogens is 256 g/mol. The number of nitrogens with one attached hydrogen (secondary N) is 1. The number of carbonyl (C=O) groups is 1. The molecule has 106 valence electrons. The third-order valence-electron chi connectivity index (χ3n) is 3.13. The highest BCUT2D eigenvalue weighted by Crippen LogP contribution is 2.12. The van der Waals surface area contributed by atoms with Crippen LogP contribution in [0.15, 0.2) is 22.9 Å². The van der Waals surface area contributed by atoms with Crippen molar-refractivity contribution in [2.24, 2.45) is 5.73 Å². The highest BCUT2D eigenvalue weighted by atomic mass is 16.5. The van der Waals surface area contributed by atoms with Gasteiger partial charge in [0.05, 0.1) is 11.4 Å². The molecule has 0 radical (unpaired) electrons. The summed E-state index contributed by atoms with van der Waals surface area (Å²) in [6, 6.07) is 3.37. The van der Waals surface area contributed by atoms with Gasteiger partial charge in [-0.1, -0.05) is 5.16 Å². The number of carbonyl (C=O) groups excluding carboxylic acids is 1. The van der Waals surface area contributed by atoms with Crippen LogP contribution in [0.25, 0.3) is 0 Å². The second kappa shape index (κ2) is 6.29. The molecule has 6 nitrogen and oxygen atoms in total. The minimum Gasteiger partial charge on any atom is -0.361 e. The minimum atomic E-state index is -0.131. The van der Waals surface area contributed by atoms with Crippen molar-refractivity contribution in [1.82, 2.24) is 15.5 Å². The van der Waals surface area contributed by atoms with Gasteiger partial charge in [0.1, 0.15) is 5.76 Å². The standard InChI is InChI=1S/C14H18N4O2/c1-9-13(10(2)20-18-9)4-6-17-14(19)11-3-5-16-12(7-11)8-15/h3,5,7H,4,6,8,15H2,1-2H3,(H,17,19). The van der Waals surface area contributed by atoms with Crippen LogP contribution in [-0.2, 0) is 13.0 Å². The molecule has 0 saturated heterocycles. The fourth-order valence-corrected chi connectivity index (χ4v) is 1.99. The quantitative estimate of drug-likeness (QED) is 0.852. The topological polar surface area (TPSA) is 94.0 Å². The highest BCUT2D eigenvalue weighted by Gasteiger charge is 2.10. The fourth-order valence-electron chi connectivity index (χ4n) is 1.99. The second-order valence-electron chi connectivity index (χ2n) is 4.55. The van der Waals surface area contributed by atoms with Gasteiger partial charge in [-0.25, -0.2) is 0 Å². The second-order valence-corrected chi connectivity index (χ2v) is 4.55. The Labute approximate surface area is 117 Å². The van der Waals surface area contributed by atoms with Gasteiger partial charge in [0.2, 0.25) is 0 Å². The van der Waals surface area contributed by atoms with Crippen LogP contribution in [0.5, 0.6) is 0 Å². The van der Waals surface area contributed by atoms with Gasteiger partial charge in [-0.3, -0.25) is 9.78 Å². The number of nitrogens with two attached hydrogens (primary N) is 1. The third kappa shape index (κ3) is 3.21. The molecule has 0 aliphatic rings. The van der Waals surface area contributed by atoms with E-state index in [0.29, 0.717) is 30.8 Å². The van der Waals surface area contributed by atoms with Crippen LogP contribution < -0.4 is 11.1 Å². The molecule has 1 amide bonds. The Kier molecular flexibility index (Phi) is 4.47. The van der Waals surface area contributed by atoms with Crippen molar-refractivity contribution in [1.29, 1.82) is 0 Å². The van der Waals surface area contributed by atoms with Crippen LogP contribution >= 0.6 is 0 Å². The van der Waals surface area contributed by atoms with Crippen molar-refractivity contribution in [2.45, 2.75) is 26.8 Å². The lowest BCUT2D eigenvalue weighted by Crippen LogP contribution is -2.26. The first-order valence-corrected chi connectivity index (χ1v) is 6.46. The molecule has 0 fully saturated rings. The predicted octanol–water partition coefficient (Wildman–Crippen LogP) is 1.12. The van der Waals surface area contributed by atoms with Crippen molar-refractivity contribution in [3.63, 3.8) is 0 Å². The number of aryl methyl sites for hydroxylation is 2. The molecule has 2 aromatic rings. The molecule has 2 heterocycles. The normalized spacial score (nSPS) is 10.6. The lowest BCUT2D eigenvalue weighted by atomic mass is 10.1. The Morgan fingerprint density at radius 1 is 1.45 bits per heavy atom. The summed E-state index contributed by atoms with van der Waals surface area (Å²) >= 11 is 0. The number of amides is 1. The zero-order valence-corrected chi connectivity index (χ0v) is 11.6. The van der Waals surface area contributed by atoms with E-state index in [2.05, 4.69) is 15.5 Å². The van der Waals surface area contributed by atoms with E-state index in [-0.39, 0.29) is 5.91 Å². The van der Waals surface area contributed by atoms with E-state index in [1.165, 1.54) is 0 Å². The van der Waals surface area contributed by atoms with Crippen molar-refractivity contribution in [3.05, 3.63) is 46.6 Å². The average Bonchev–Trinajstić information content (AvgIpc) is 2.79. The molecule has 20 heavy (non-hydrogen) atoms. The highest BCUT2D eigenvalue weighted by molar-refractivity contribution is 5.94. The van der Waals surface area contributed by atoms with Gasteiger partial charge in [0.15, 0.2) is 0 Å². The van der Waals surface area contributed by atoms with E-state index in [0.717, 1.165) is 17.0 Å². The fraction of sp³-hybridized carbons (Fsp3) is 0.357. The van der Waals surface area contributed by atoms with Crippen LogP contribution in [0, 0.1) is 13.8 Å². The van der Waals surface area contributed by atoms with Gasteiger partial charge in [0.25, 0.3) is 5.91 Å². The monoisotopic (exact) mass is 274 g/mol. The van der Waals surface area contributed by atoms with E-state index in [9.17, 15) is 4.79 Å². The Balaban J connectivity index is 1.92. The van der Waals surface area contributed by atoms with E-state index >= 15 is 0 Å². The summed E-state index contributed by atoms with van der Waals surface area (Å²) in [4.78, 5) is 16.1. The Morgan fingerprint density at radius 2 is 2.25 bits per heavy atom. The molecule has 0 saturated carbocycles. The van der Waals surface area contributed by atoms with Gasteiger partial charge < -0.3 is 15.6 Å². The van der Waals surface area contributed by atoms with Crippen molar-refractivity contribution < 1.29 is 9.32 Å². The number of hydrogen-bond donors (Lipinski definition) is 2. The predicted molar refractivity (Wildman–Crippen MR) is 74.1 cm³/mol. The van der Waals surface area contributed by atoms with Gasteiger partial charge in [-0.2, -0.15) is 0 Å². The Bertz CT molecular complexity index is 587. The maximum atomic E-state index is 12.0. The summed E-state index contributed by atoms with van der Waals surface area (Å²) < 4.78 is 5.08. The maximum Gasteiger partial charge on any atom is 0.251 e. The van der Waals surface area contributed by atoms with Gasteiger partial charge >= 0.3 is 0 Å². The van der Waals surface area contributed by atoms with Gasteiger partial charge in [-0.15, -0.1) is 0 Å². The van der Waals surface area contributed by atoms with Crippen molar-refractivity contribution >= 4 is 5.91 Å². The molecule has 0 spiro atoms. The van der Waals surface area contributed by atoms with Gasteiger partial charge in [0, 0.05) is 30.4 Å². The Morgan fingerprint density at radius 3 is 2.90 bits per heavy atom. The zero-order chi connectivity index (χ0) is 14.5. The molecule has 2 aromatic heterocycles. The zero-order valence-electron chi connectivity index (χ0n) is 11.6. The van der Waals surface area contributed by atoms with Crippen LogP contribution in [0.1, 0.15) is 33.1 Å². The van der Waals surface area contributed by atoms with Crippen LogP contribution in [0.2, 0.25) is 0 Å². The SMILES string of the molecule is Cc1noc(C)c1CCNC(=O)c1ccnc(CN)c1. The number of pyridine rings is 1. The first kappa shape index (κ1) is 14.2. The summed E-state index contributed by atoms with van der Waals surface area (Å²) in [5, 5.41) is 6.75. The number of rotatable bonds is 5. The van der Waals surface area contributed by atoms with Gasteiger partial charge in [-0.05, 0) is 32.4 Å². The lowest BCUT2D eigenvalue weighted by molar-refractivity contribution is 0.0954. The van der Waals surface area contributed by atoms with Crippen LogP contribution in [-0.4, -0.2) is 22.6 Å². The molecule has 3 N–H and O–H groups in total. The summed E-state index contributed by atoms with van der Waals surface area (Å²) in [6.45, 7) is 4.61. The average molecular weight is 274 g/mol. The van der Waals surface area contributed by atoms with E-state index < -0.39 is 0 Å². The molecule has 0 aromatic carbocycles. The van der Waals surface area contributed by atoms with Crippen molar-refractivity contribution in [3.8, 4) is 0 Å². The van der Waals surface area contributed by atoms with Crippen LogP contribution in [0.4, 0.5) is 0 Å². The number of nitrogens with zero attached hydrogens (tertiary/aromatic N) is 2. The lowest BCUT2D eigenvalue weighted by Gasteiger charge is -2.06. The first-order chi connectivity index (χ1) is 9.61. The summed E-state index contributed by atoms with van der Waals surface area (Å²) in [7, 11) is 0. The minimum absolute atomic E-state index is 0.131. The van der Waals surface area contributed by atoms with E-state index in [4.69, 9.17) is 10.3 Å². The van der Waals surface area contributed by atoms with Crippen molar-refractivity contribution in [2.75, 3.05) is 6.54 Å². The largest absolute Gasteiger partial charge is 0.361 e. The molecule has 0 aliphatic heterocycles. The third-order valence-corrected chi connectivity index (χ3v) is 3.13. The first-order valence-electron chi connectivity index (χ1n) is 6.46. The number of aromatic nitrogens is 2. The molecular formula is C14H18N4O2. The summed E-state index contributed by atoms with van der Waals surface area (Å²) in [5.74, 6) is 0.667. The molecule has 0 atom stereocenters.